The van der Waals surface area contributed by atoms with E-state index in [2.05, 4.69) is 0 Å². The Balaban J connectivity index is 2.32. The molecule has 0 bridgehead atoms. The molecule has 2 N–H and O–H groups in total. The maximum Gasteiger partial charge on any atom is 0.168 e. The first-order chi connectivity index (χ1) is 14.3. The zero-order valence-electron chi connectivity index (χ0n) is 17.2. The summed E-state index contributed by atoms with van der Waals surface area (Å²) < 4.78 is 24.3. The van der Waals surface area contributed by atoms with Gasteiger partial charge in [-0.25, -0.2) is 4.39 Å². The fraction of sp³-hybridized carbons (Fsp3) is 0.208. The number of phenols is 2. The van der Waals surface area contributed by atoms with Crippen LogP contribution in [-0.4, -0.2) is 30.7 Å². The van der Waals surface area contributed by atoms with E-state index < -0.39 is 11.6 Å². The molecule has 0 heterocycles. The van der Waals surface area contributed by atoms with Gasteiger partial charge in [0, 0.05) is 23.6 Å². The van der Waals surface area contributed by atoms with Crippen molar-refractivity contribution >= 4 is 6.29 Å². The first-order valence-electron chi connectivity index (χ1n) is 9.32. The zero-order chi connectivity index (χ0) is 22.0. The molecule has 30 heavy (non-hydrogen) atoms. The maximum absolute atomic E-state index is 13.5. The van der Waals surface area contributed by atoms with E-state index in [1.165, 1.54) is 12.1 Å². The summed E-state index contributed by atoms with van der Waals surface area (Å²) in [6.45, 7) is 3.54. The van der Waals surface area contributed by atoms with Crippen LogP contribution in [0.2, 0.25) is 0 Å². The van der Waals surface area contributed by atoms with E-state index in [0.29, 0.717) is 40.0 Å². The van der Waals surface area contributed by atoms with Crippen molar-refractivity contribution < 1.29 is 28.9 Å². The number of methoxy groups -OCH3 is 2. The first kappa shape index (κ1) is 21.2. The number of rotatable bonds is 6. The fourth-order valence-electron chi connectivity index (χ4n) is 3.70. The predicted molar refractivity (Wildman–Crippen MR) is 112 cm³/mol. The SMILES string of the molecule is COc1cc(C)c(Cc2c(C=O)c(O)c(O)c(C)c2-c2ccc(F)cc2)c(OC)c1. The molecule has 3 aromatic rings. The van der Waals surface area contributed by atoms with Gasteiger partial charge in [0.05, 0.1) is 19.8 Å². The van der Waals surface area contributed by atoms with Gasteiger partial charge in [-0.2, -0.15) is 0 Å². The average molecular weight is 410 g/mol. The third kappa shape index (κ3) is 3.68. The second-order valence-electron chi connectivity index (χ2n) is 7.02. The quantitative estimate of drug-likeness (QED) is 0.445. The summed E-state index contributed by atoms with van der Waals surface area (Å²) in [5.41, 5.74) is 3.74. The molecule has 0 aliphatic heterocycles. The van der Waals surface area contributed by atoms with Crippen LogP contribution in [-0.2, 0) is 6.42 Å². The molecule has 0 saturated carbocycles. The van der Waals surface area contributed by atoms with E-state index in [4.69, 9.17) is 9.47 Å². The van der Waals surface area contributed by atoms with E-state index in [1.54, 1.807) is 39.3 Å². The minimum Gasteiger partial charge on any atom is -0.504 e. The number of phenolic OH excluding ortho intramolecular Hbond substituents is 2. The molecule has 0 radical (unpaired) electrons. The minimum absolute atomic E-state index is 0.0188. The van der Waals surface area contributed by atoms with Gasteiger partial charge in [-0.05, 0) is 54.3 Å². The Labute approximate surface area is 174 Å². The number of aldehydes is 1. The van der Waals surface area contributed by atoms with Crippen molar-refractivity contribution in [1.29, 1.82) is 0 Å². The third-order valence-corrected chi connectivity index (χ3v) is 5.30. The van der Waals surface area contributed by atoms with Gasteiger partial charge in [0.15, 0.2) is 17.8 Å². The van der Waals surface area contributed by atoms with Gasteiger partial charge in [-0.15, -0.1) is 0 Å². The van der Waals surface area contributed by atoms with Crippen LogP contribution < -0.4 is 9.47 Å². The number of carbonyl (C=O) groups excluding carboxylic acids is 1. The number of aryl methyl sites for hydroxylation is 1. The second kappa shape index (κ2) is 8.45. The van der Waals surface area contributed by atoms with Crippen LogP contribution in [0.15, 0.2) is 36.4 Å². The van der Waals surface area contributed by atoms with Gasteiger partial charge in [0.2, 0.25) is 0 Å². The second-order valence-corrected chi connectivity index (χ2v) is 7.02. The van der Waals surface area contributed by atoms with Crippen LogP contribution in [0.1, 0.15) is 32.6 Å². The molecule has 0 spiro atoms. The van der Waals surface area contributed by atoms with Crippen LogP contribution in [0.4, 0.5) is 4.39 Å². The number of hydrogen-bond donors (Lipinski definition) is 2. The predicted octanol–water partition coefficient (Wildman–Crippen LogP) is 4.94. The zero-order valence-corrected chi connectivity index (χ0v) is 17.2. The molecule has 0 aliphatic rings. The fourth-order valence-corrected chi connectivity index (χ4v) is 3.70. The Morgan fingerprint density at radius 3 is 2.20 bits per heavy atom. The van der Waals surface area contributed by atoms with Gasteiger partial charge in [0.25, 0.3) is 0 Å². The molecular weight excluding hydrogens is 387 g/mol. The molecule has 0 fully saturated rings. The lowest BCUT2D eigenvalue weighted by atomic mass is 9.86. The summed E-state index contributed by atoms with van der Waals surface area (Å²) in [4.78, 5) is 11.9. The van der Waals surface area contributed by atoms with Crippen molar-refractivity contribution in [2.24, 2.45) is 0 Å². The summed E-state index contributed by atoms with van der Waals surface area (Å²) in [7, 11) is 3.10. The number of halogens is 1. The average Bonchev–Trinajstić information content (AvgIpc) is 2.74. The summed E-state index contributed by atoms with van der Waals surface area (Å²) >= 11 is 0. The molecule has 5 nitrogen and oxygen atoms in total. The largest absolute Gasteiger partial charge is 0.504 e. The van der Waals surface area contributed by atoms with Crippen LogP contribution in [0, 0.1) is 19.7 Å². The minimum atomic E-state index is -0.478. The first-order valence-corrected chi connectivity index (χ1v) is 9.32. The molecule has 0 amide bonds. The van der Waals surface area contributed by atoms with Crippen LogP contribution >= 0.6 is 0 Å². The van der Waals surface area contributed by atoms with Gasteiger partial charge in [-0.1, -0.05) is 12.1 Å². The third-order valence-electron chi connectivity index (χ3n) is 5.30. The van der Waals surface area contributed by atoms with Crippen LogP contribution in [0.3, 0.4) is 0 Å². The summed E-state index contributed by atoms with van der Waals surface area (Å²) in [5.74, 6) is -0.0532. The molecule has 0 saturated heterocycles. The molecule has 3 aromatic carbocycles. The molecule has 0 unspecified atom stereocenters. The lowest BCUT2D eigenvalue weighted by Crippen LogP contribution is -2.05. The number of carbonyl (C=O) groups is 1. The Bertz CT molecular complexity index is 1100. The lowest BCUT2D eigenvalue weighted by Gasteiger charge is -2.21. The lowest BCUT2D eigenvalue weighted by molar-refractivity contribution is 0.111. The van der Waals surface area contributed by atoms with Crippen molar-refractivity contribution in [3.8, 4) is 34.1 Å². The van der Waals surface area contributed by atoms with Gasteiger partial charge in [-0.3, -0.25) is 4.79 Å². The number of benzene rings is 3. The number of aromatic hydroxyl groups is 2. The van der Waals surface area contributed by atoms with Gasteiger partial charge >= 0.3 is 0 Å². The highest BCUT2D eigenvalue weighted by molar-refractivity contribution is 5.91. The van der Waals surface area contributed by atoms with Gasteiger partial charge < -0.3 is 19.7 Å². The van der Waals surface area contributed by atoms with Crippen LogP contribution in [0.25, 0.3) is 11.1 Å². The van der Waals surface area contributed by atoms with E-state index in [0.717, 1.165) is 11.1 Å². The van der Waals surface area contributed by atoms with Crippen molar-refractivity contribution in [3.05, 3.63) is 70.0 Å². The summed E-state index contributed by atoms with van der Waals surface area (Å²) in [5, 5.41) is 20.8. The van der Waals surface area contributed by atoms with Crippen molar-refractivity contribution in [2.45, 2.75) is 20.3 Å². The number of hydrogen-bond acceptors (Lipinski definition) is 5. The topological polar surface area (TPSA) is 76.0 Å². The highest BCUT2D eigenvalue weighted by Crippen LogP contribution is 2.44. The summed E-state index contributed by atoms with van der Waals surface area (Å²) in [6, 6.07) is 9.36. The normalized spacial score (nSPS) is 10.7. The maximum atomic E-state index is 13.5. The number of ether oxygens (including phenoxy) is 2. The van der Waals surface area contributed by atoms with E-state index in [9.17, 15) is 19.4 Å². The Hall–Kier alpha value is -3.54. The summed E-state index contributed by atoms with van der Waals surface area (Å²) in [6.07, 6.45) is 0.761. The van der Waals surface area contributed by atoms with Crippen molar-refractivity contribution in [2.75, 3.05) is 14.2 Å². The molecular formula is C24H23FO5. The van der Waals surface area contributed by atoms with Crippen molar-refractivity contribution in [1.82, 2.24) is 0 Å². The highest BCUT2D eigenvalue weighted by Gasteiger charge is 2.24. The molecule has 0 aliphatic carbocycles. The highest BCUT2D eigenvalue weighted by atomic mass is 19.1. The molecule has 0 aromatic heterocycles. The van der Waals surface area contributed by atoms with Gasteiger partial charge in [0.1, 0.15) is 17.3 Å². The molecule has 6 heteroatoms. The van der Waals surface area contributed by atoms with Crippen LogP contribution in [0.5, 0.6) is 23.0 Å². The Kier molecular flexibility index (Phi) is 5.96. The molecule has 0 atom stereocenters. The van der Waals surface area contributed by atoms with E-state index in [1.807, 2.05) is 13.0 Å². The molecule has 3 rings (SSSR count). The molecule has 156 valence electrons. The van der Waals surface area contributed by atoms with Crippen molar-refractivity contribution in [3.63, 3.8) is 0 Å². The van der Waals surface area contributed by atoms with E-state index >= 15 is 0 Å². The smallest absolute Gasteiger partial charge is 0.168 e. The standard InChI is InChI=1S/C24H23FO5/c1-13-9-17(29-3)10-21(30-4)18(13)11-19-20(12-26)24(28)23(27)14(2)22(19)15-5-7-16(25)8-6-15/h5-10,12,27-28H,11H2,1-4H3. The van der Waals surface area contributed by atoms with E-state index in [-0.39, 0.29) is 17.7 Å². The monoisotopic (exact) mass is 410 g/mol. The Morgan fingerprint density at radius 1 is 0.967 bits per heavy atom. The Morgan fingerprint density at radius 2 is 1.63 bits per heavy atom.